The Hall–Kier alpha value is -2.50. The maximum atomic E-state index is 10.6. The Bertz CT molecular complexity index is 516. The van der Waals surface area contributed by atoms with E-state index < -0.39 is 4.92 Å². The first-order valence-corrected chi connectivity index (χ1v) is 4.99. The molecule has 6 heteroatoms. The van der Waals surface area contributed by atoms with Gasteiger partial charge in [-0.15, -0.1) is 0 Å². The zero-order valence-corrected chi connectivity index (χ0v) is 8.91. The number of nitro groups is 1. The molecule has 0 aliphatic rings. The van der Waals surface area contributed by atoms with Crippen molar-refractivity contribution in [2.45, 2.75) is 6.54 Å². The first-order valence-electron chi connectivity index (χ1n) is 4.99. The quantitative estimate of drug-likeness (QED) is 0.641. The van der Waals surface area contributed by atoms with E-state index in [1.54, 1.807) is 18.3 Å². The number of non-ortho nitro benzene ring substituents is 1. The molecule has 1 aromatic carbocycles. The molecule has 0 fully saturated rings. The summed E-state index contributed by atoms with van der Waals surface area (Å²) in [4.78, 5) is 18.0. The lowest BCUT2D eigenvalue weighted by Gasteiger charge is -2.04. The van der Waals surface area contributed by atoms with Crippen molar-refractivity contribution in [3.8, 4) is 0 Å². The zero-order chi connectivity index (χ0) is 12.1. The van der Waals surface area contributed by atoms with Crippen LogP contribution in [0.25, 0.3) is 0 Å². The molecule has 86 valence electrons. The normalized spacial score (nSPS) is 9.88. The second-order valence-electron chi connectivity index (χ2n) is 3.38. The van der Waals surface area contributed by atoms with E-state index in [-0.39, 0.29) is 5.69 Å². The molecule has 0 aliphatic carbocycles. The highest BCUT2D eigenvalue weighted by Gasteiger charge is 2.05. The Morgan fingerprint density at radius 3 is 2.94 bits per heavy atom. The van der Waals surface area contributed by atoms with Crippen LogP contribution < -0.4 is 5.32 Å². The van der Waals surface area contributed by atoms with Crippen LogP contribution in [0.5, 0.6) is 0 Å². The molecule has 0 saturated heterocycles. The summed E-state index contributed by atoms with van der Waals surface area (Å²) >= 11 is 0. The Kier molecular flexibility index (Phi) is 3.25. The van der Waals surface area contributed by atoms with Gasteiger partial charge in [-0.05, 0) is 11.6 Å². The lowest BCUT2D eigenvalue weighted by Crippen LogP contribution is -2.01. The smallest absolute Gasteiger partial charge is 0.269 e. The number of hydrogen-bond acceptors (Lipinski definition) is 5. The van der Waals surface area contributed by atoms with E-state index in [0.717, 1.165) is 5.56 Å². The number of nitrogens with one attached hydrogen (secondary N) is 1. The van der Waals surface area contributed by atoms with E-state index in [9.17, 15) is 10.1 Å². The minimum absolute atomic E-state index is 0.0898. The second-order valence-corrected chi connectivity index (χ2v) is 3.38. The predicted molar refractivity (Wildman–Crippen MR) is 62.5 cm³/mol. The molecule has 1 N–H and O–H groups in total. The highest BCUT2D eigenvalue weighted by atomic mass is 16.6. The highest BCUT2D eigenvalue weighted by Crippen LogP contribution is 2.13. The van der Waals surface area contributed by atoms with Crippen LogP contribution in [0, 0.1) is 10.1 Å². The van der Waals surface area contributed by atoms with Crippen LogP contribution >= 0.6 is 0 Å². The van der Waals surface area contributed by atoms with Crippen molar-refractivity contribution in [2.24, 2.45) is 0 Å². The van der Waals surface area contributed by atoms with Crippen LogP contribution in [0.2, 0.25) is 0 Å². The molecule has 0 radical (unpaired) electrons. The van der Waals surface area contributed by atoms with Crippen molar-refractivity contribution >= 4 is 11.5 Å². The maximum Gasteiger partial charge on any atom is 0.269 e. The monoisotopic (exact) mass is 230 g/mol. The van der Waals surface area contributed by atoms with Gasteiger partial charge in [-0.3, -0.25) is 10.1 Å². The van der Waals surface area contributed by atoms with E-state index in [4.69, 9.17) is 0 Å². The highest BCUT2D eigenvalue weighted by molar-refractivity contribution is 5.38. The van der Waals surface area contributed by atoms with Gasteiger partial charge in [0.05, 0.1) is 4.92 Å². The summed E-state index contributed by atoms with van der Waals surface area (Å²) in [6.45, 7) is 0.485. The molecule has 0 aliphatic heterocycles. The van der Waals surface area contributed by atoms with Crippen LogP contribution in [-0.2, 0) is 6.54 Å². The van der Waals surface area contributed by atoms with Gasteiger partial charge in [0.15, 0.2) is 0 Å². The minimum atomic E-state index is -0.409. The van der Waals surface area contributed by atoms with Crippen molar-refractivity contribution in [3.63, 3.8) is 0 Å². The van der Waals surface area contributed by atoms with Gasteiger partial charge in [-0.1, -0.05) is 12.1 Å². The molecular formula is C11H10N4O2. The maximum absolute atomic E-state index is 10.6. The molecule has 6 nitrogen and oxygen atoms in total. The number of benzene rings is 1. The summed E-state index contributed by atoms with van der Waals surface area (Å²) in [5.74, 6) is 0.687. The standard InChI is InChI=1S/C11H10N4O2/c16-15(17)10-3-1-2-9(6-10)7-13-11-4-5-12-8-14-11/h1-6,8H,7H2,(H,12,13,14). The van der Waals surface area contributed by atoms with E-state index in [1.807, 2.05) is 6.07 Å². The lowest BCUT2D eigenvalue weighted by molar-refractivity contribution is -0.384. The van der Waals surface area contributed by atoms with Crippen LogP contribution in [0.15, 0.2) is 42.9 Å². The number of anilines is 1. The van der Waals surface area contributed by atoms with Gasteiger partial charge < -0.3 is 5.32 Å². The minimum Gasteiger partial charge on any atom is -0.366 e. The van der Waals surface area contributed by atoms with E-state index in [1.165, 1.54) is 18.5 Å². The van der Waals surface area contributed by atoms with Gasteiger partial charge >= 0.3 is 0 Å². The molecule has 2 rings (SSSR count). The van der Waals surface area contributed by atoms with E-state index in [2.05, 4.69) is 15.3 Å². The number of nitro benzene ring substituents is 1. The Balaban J connectivity index is 2.04. The fourth-order valence-electron chi connectivity index (χ4n) is 1.37. The second kappa shape index (κ2) is 5.02. The van der Waals surface area contributed by atoms with Crippen molar-refractivity contribution < 1.29 is 4.92 Å². The third-order valence-electron chi connectivity index (χ3n) is 2.18. The third kappa shape index (κ3) is 2.97. The number of rotatable bonds is 4. The molecule has 2 aromatic rings. The van der Waals surface area contributed by atoms with Gasteiger partial charge in [-0.2, -0.15) is 0 Å². The zero-order valence-electron chi connectivity index (χ0n) is 8.91. The third-order valence-corrected chi connectivity index (χ3v) is 2.18. The predicted octanol–water partition coefficient (Wildman–Crippen LogP) is 2.00. The molecule has 0 bridgehead atoms. The van der Waals surface area contributed by atoms with Gasteiger partial charge in [-0.25, -0.2) is 9.97 Å². The van der Waals surface area contributed by atoms with E-state index >= 15 is 0 Å². The summed E-state index contributed by atoms with van der Waals surface area (Å²) in [5.41, 5.74) is 0.921. The number of hydrogen-bond donors (Lipinski definition) is 1. The molecule has 0 amide bonds. The number of aromatic nitrogens is 2. The Morgan fingerprint density at radius 2 is 2.24 bits per heavy atom. The molecule has 0 saturated carbocycles. The average molecular weight is 230 g/mol. The molecule has 1 heterocycles. The summed E-state index contributed by atoms with van der Waals surface area (Å²) < 4.78 is 0. The van der Waals surface area contributed by atoms with Crippen molar-refractivity contribution in [3.05, 3.63) is 58.5 Å². The van der Waals surface area contributed by atoms with Crippen LogP contribution in [0.4, 0.5) is 11.5 Å². The summed E-state index contributed by atoms with van der Waals surface area (Å²) in [6.07, 6.45) is 3.07. The molecule has 17 heavy (non-hydrogen) atoms. The first kappa shape index (κ1) is 11.0. The fraction of sp³-hybridized carbons (Fsp3) is 0.0909. The van der Waals surface area contributed by atoms with Crippen LogP contribution in [0.3, 0.4) is 0 Å². The van der Waals surface area contributed by atoms with Crippen LogP contribution in [-0.4, -0.2) is 14.9 Å². The Labute approximate surface area is 97.5 Å². The summed E-state index contributed by atoms with van der Waals surface area (Å²) in [7, 11) is 0. The SMILES string of the molecule is O=[N+]([O-])c1cccc(CNc2ccncn2)c1. The van der Waals surface area contributed by atoms with Gasteiger partial charge in [0.2, 0.25) is 0 Å². The van der Waals surface area contributed by atoms with Crippen molar-refractivity contribution in [1.29, 1.82) is 0 Å². The van der Waals surface area contributed by atoms with Gasteiger partial charge in [0.1, 0.15) is 12.1 Å². The topological polar surface area (TPSA) is 81.0 Å². The summed E-state index contributed by atoms with van der Waals surface area (Å²) in [6, 6.07) is 8.22. The first-order chi connectivity index (χ1) is 8.25. The Morgan fingerprint density at radius 1 is 1.35 bits per heavy atom. The fourth-order valence-corrected chi connectivity index (χ4v) is 1.37. The van der Waals surface area contributed by atoms with E-state index in [0.29, 0.717) is 12.4 Å². The average Bonchev–Trinajstić information content (AvgIpc) is 2.38. The molecular weight excluding hydrogens is 220 g/mol. The lowest BCUT2D eigenvalue weighted by atomic mass is 10.2. The molecule has 0 atom stereocenters. The number of nitrogens with zero attached hydrogens (tertiary/aromatic N) is 3. The molecule has 0 unspecified atom stereocenters. The summed E-state index contributed by atoms with van der Waals surface area (Å²) in [5, 5.41) is 13.6. The van der Waals surface area contributed by atoms with Crippen LogP contribution in [0.1, 0.15) is 5.56 Å². The van der Waals surface area contributed by atoms with Crippen molar-refractivity contribution in [2.75, 3.05) is 5.32 Å². The van der Waals surface area contributed by atoms with Gasteiger partial charge in [0.25, 0.3) is 5.69 Å². The molecule has 0 spiro atoms. The largest absolute Gasteiger partial charge is 0.366 e. The molecule has 1 aromatic heterocycles. The van der Waals surface area contributed by atoms with Crippen molar-refractivity contribution in [1.82, 2.24) is 9.97 Å². The van der Waals surface area contributed by atoms with Gasteiger partial charge in [0, 0.05) is 24.9 Å².